The standard InChI is InChI=1S/C13H18FNO/c1-10-7-13(16,9-15(10)2)8-11-5-3-4-6-12(11)14/h3-6,10,16H,7-9H2,1-2H3. The Morgan fingerprint density at radius 1 is 1.50 bits per heavy atom. The van der Waals surface area contributed by atoms with Gasteiger partial charge < -0.3 is 10.0 Å². The Balaban J connectivity index is 2.13. The molecule has 16 heavy (non-hydrogen) atoms. The van der Waals surface area contributed by atoms with Gasteiger partial charge in [-0.3, -0.25) is 0 Å². The number of likely N-dealkylation sites (N-methyl/N-ethyl adjacent to an activating group) is 1. The van der Waals surface area contributed by atoms with E-state index in [0.29, 0.717) is 31.0 Å². The Labute approximate surface area is 95.7 Å². The van der Waals surface area contributed by atoms with Crippen LogP contribution in [0.2, 0.25) is 0 Å². The number of hydrogen-bond donors (Lipinski definition) is 1. The average molecular weight is 223 g/mol. The van der Waals surface area contributed by atoms with Crippen LogP contribution in [-0.2, 0) is 6.42 Å². The lowest BCUT2D eigenvalue weighted by molar-refractivity contribution is 0.0512. The molecule has 2 atom stereocenters. The zero-order valence-corrected chi connectivity index (χ0v) is 9.78. The van der Waals surface area contributed by atoms with E-state index in [9.17, 15) is 9.50 Å². The summed E-state index contributed by atoms with van der Waals surface area (Å²) in [5.74, 6) is -0.224. The van der Waals surface area contributed by atoms with Crippen LogP contribution in [0.4, 0.5) is 4.39 Å². The molecule has 0 aromatic heterocycles. The highest BCUT2D eigenvalue weighted by molar-refractivity contribution is 5.20. The fourth-order valence-electron chi connectivity index (χ4n) is 2.51. The first-order valence-corrected chi connectivity index (χ1v) is 5.66. The molecular weight excluding hydrogens is 205 g/mol. The number of hydrogen-bond acceptors (Lipinski definition) is 2. The Bertz CT molecular complexity index is 370. The molecule has 1 aromatic rings. The van der Waals surface area contributed by atoms with Crippen LogP contribution in [0.25, 0.3) is 0 Å². The number of rotatable bonds is 2. The van der Waals surface area contributed by atoms with Crippen LogP contribution < -0.4 is 0 Å². The lowest BCUT2D eigenvalue weighted by atomic mass is 9.92. The summed E-state index contributed by atoms with van der Waals surface area (Å²) in [7, 11) is 1.99. The molecule has 0 radical (unpaired) electrons. The summed E-state index contributed by atoms with van der Waals surface area (Å²) in [6, 6.07) is 7.03. The number of nitrogens with zero attached hydrogens (tertiary/aromatic N) is 1. The molecule has 88 valence electrons. The summed E-state index contributed by atoms with van der Waals surface area (Å²) in [5, 5.41) is 10.4. The highest BCUT2D eigenvalue weighted by Crippen LogP contribution is 2.29. The van der Waals surface area contributed by atoms with Gasteiger partial charge in [-0.25, -0.2) is 4.39 Å². The van der Waals surface area contributed by atoms with Crippen molar-refractivity contribution in [3.63, 3.8) is 0 Å². The maximum atomic E-state index is 13.5. The Morgan fingerprint density at radius 2 is 2.19 bits per heavy atom. The predicted octanol–water partition coefficient (Wildman–Crippen LogP) is 1.82. The van der Waals surface area contributed by atoms with Gasteiger partial charge in [0.15, 0.2) is 0 Å². The second-order valence-electron chi connectivity index (χ2n) is 4.96. The maximum absolute atomic E-state index is 13.5. The second-order valence-corrected chi connectivity index (χ2v) is 4.96. The van der Waals surface area contributed by atoms with E-state index < -0.39 is 5.60 Å². The molecule has 1 heterocycles. The normalized spacial score (nSPS) is 30.9. The minimum absolute atomic E-state index is 0.224. The summed E-state index contributed by atoms with van der Waals surface area (Å²) in [6.45, 7) is 2.70. The van der Waals surface area contributed by atoms with Crippen molar-refractivity contribution in [2.24, 2.45) is 0 Å². The van der Waals surface area contributed by atoms with E-state index in [1.807, 2.05) is 13.1 Å². The van der Waals surface area contributed by atoms with Gasteiger partial charge in [-0.2, -0.15) is 0 Å². The van der Waals surface area contributed by atoms with Crippen molar-refractivity contribution in [1.29, 1.82) is 0 Å². The monoisotopic (exact) mass is 223 g/mol. The third-order valence-corrected chi connectivity index (χ3v) is 3.45. The molecule has 1 fully saturated rings. The van der Waals surface area contributed by atoms with E-state index >= 15 is 0 Å². The van der Waals surface area contributed by atoms with E-state index in [1.54, 1.807) is 12.1 Å². The third kappa shape index (κ3) is 2.25. The van der Waals surface area contributed by atoms with E-state index in [1.165, 1.54) is 6.07 Å². The molecular formula is C13H18FNO. The average Bonchev–Trinajstić information content (AvgIpc) is 2.45. The van der Waals surface area contributed by atoms with E-state index in [-0.39, 0.29) is 5.82 Å². The predicted molar refractivity (Wildman–Crippen MR) is 61.8 cm³/mol. The van der Waals surface area contributed by atoms with Crippen molar-refractivity contribution in [2.75, 3.05) is 13.6 Å². The molecule has 2 unspecified atom stereocenters. The molecule has 0 saturated carbocycles. The molecule has 0 amide bonds. The smallest absolute Gasteiger partial charge is 0.126 e. The zero-order valence-electron chi connectivity index (χ0n) is 9.78. The minimum atomic E-state index is -0.781. The molecule has 1 aliphatic heterocycles. The van der Waals surface area contributed by atoms with Crippen LogP contribution in [-0.4, -0.2) is 35.2 Å². The number of likely N-dealkylation sites (tertiary alicyclic amines) is 1. The summed E-state index contributed by atoms with van der Waals surface area (Å²) in [5.41, 5.74) is -0.177. The zero-order chi connectivity index (χ0) is 11.8. The van der Waals surface area contributed by atoms with Gasteiger partial charge in [0.2, 0.25) is 0 Å². The van der Waals surface area contributed by atoms with Crippen LogP contribution in [0, 0.1) is 5.82 Å². The molecule has 0 aliphatic carbocycles. The van der Waals surface area contributed by atoms with Crippen molar-refractivity contribution in [2.45, 2.75) is 31.4 Å². The Kier molecular flexibility index (Phi) is 3.00. The summed E-state index contributed by atoms with van der Waals surface area (Å²) in [6.07, 6.45) is 1.10. The number of aliphatic hydroxyl groups is 1. The lowest BCUT2D eigenvalue weighted by Crippen LogP contribution is -2.34. The summed E-state index contributed by atoms with van der Waals surface area (Å²) >= 11 is 0. The first-order valence-electron chi connectivity index (χ1n) is 5.66. The molecule has 3 heteroatoms. The van der Waals surface area contributed by atoms with E-state index in [2.05, 4.69) is 11.8 Å². The van der Waals surface area contributed by atoms with Gasteiger partial charge in [0, 0.05) is 19.0 Å². The van der Waals surface area contributed by atoms with Crippen molar-refractivity contribution < 1.29 is 9.50 Å². The molecule has 0 spiro atoms. The van der Waals surface area contributed by atoms with Gasteiger partial charge in [0.25, 0.3) is 0 Å². The molecule has 1 N–H and O–H groups in total. The molecule has 0 bridgehead atoms. The van der Waals surface area contributed by atoms with Crippen LogP contribution in [0.15, 0.2) is 24.3 Å². The van der Waals surface area contributed by atoms with Crippen molar-refractivity contribution in [1.82, 2.24) is 4.90 Å². The maximum Gasteiger partial charge on any atom is 0.126 e. The highest BCUT2D eigenvalue weighted by Gasteiger charge is 2.39. The Morgan fingerprint density at radius 3 is 2.75 bits per heavy atom. The second kappa shape index (κ2) is 4.15. The molecule has 1 saturated heterocycles. The molecule has 1 aliphatic rings. The SMILES string of the molecule is CC1CC(O)(Cc2ccccc2F)CN1C. The topological polar surface area (TPSA) is 23.5 Å². The van der Waals surface area contributed by atoms with Crippen LogP contribution >= 0.6 is 0 Å². The van der Waals surface area contributed by atoms with Crippen LogP contribution in [0.1, 0.15) is 18.9 Å². The van der Waals surface area contributed by atoms with Gasteiger partial charge >= 0.3 is 0 Å². The van der Waals surface area contributed by atoms with Crippen molar-refractivity contribution in [3.8, 4) is 0 Å². The molecule has 2 rings (SSSR count). The minimum Gasteiger partial charge on any atom is -0.388 e. The quantitative estimate of drug-likeness (QED) is 0.826. The van der Waals surface area contributed by atoms with Crippen LogP contribution in [0.3, 0.4) is 0 Å². The first-order chi connectivity index (χ1) is 7.50. The van der Waals surface area contributed by atoms with Crippen molar-refractivity contribution >= 4 is 0 Å². The fourth-order valence-corrected chi connectivity index (χ4v) is 2.51. The van der Waals surface area contributed by atoms with Gasteiger partial charge in [0.05, 0.1) is 5.60 Å². The van der Waals surface area contributed by atoms with E-state index in [4.69, 9.17) is 0 Å². The first kappa shape index (κ1) is 11.6. The van der Waals surface area contributed by atoms with Gasteiger partial charge in [-0.1, -0.05) is 18.2 Å². The number of benzene rings is 1. The van der Waals surface area contributed by atoms with Gasteiger partial charge in [-0.05, 0) is 32.0 Å². The van der Waals surface area contributed by atoms with E-state index in [0.717, 1.165) is 0 Å². The van der Waals surface area contributed by atoms with Crippen molar-refractivity contribution in [3.05, 3.63) is 35.6 Å². The fraction of sp³-hybridized carbons (Fsp3) is 0.538. The number of halogens is 1. The van der Waals surface area contributed by atoms with Crippen LogP contribution in [0.5, 0.6) is 0 Å². The Hall–Kier alpha value is -0.930. The largest absolute Gasteiger partial charge is 0.388 e. The molecule has 1 aromatic carbocycles. The highest BCUT2D eigenvalue weighted by atomic mass is 19.1. The number of β-amino-alcohol motifs (C(OH)–C–C–N with tert-alkyl or cyclic N) is 1. The third-order valence-electron chi connectivity index (χ3n) is 3.45. The van der Waals surface area contributed by atoms with Gasteiger partial charge in [-0.15, -0.1) is 0 Å². The molecule has 2 nitrogen and oxygen atoms in total. The van der Waals surface area contributed by atoms with Gasteiger partial charge in [0.1, 0.15) is 5.82 Å². The lowest BCUT2D eigenvalue weighted by Gasteiger charge is -2.22. The summed E-state index contributed by atoms with van der Waals surface area (Å²) < 4.78 is 13.5. The summed E-state index contributed by atoms with van der Waals surface area (Å²) in [4.78, 5) is 2.11.